The Morgan fingerprint density at radius 3 is 2.68 bits per heavy atom. The zero-order valence-corrected chi connectivity index (χ0v) is 17.7. The van der Waals surface area contributed by atoms with Crippen molar-refractivity contribution in [2.45, 2.75) is 12.6 Å². The molecule has 0 aliphatic heterocycles. The highest BCUT2D eigenvalue weighted by molar-refractivity contribution is 7.13. The number of anilines is 1. The predicted octanol–water partition coefficient (Wildman–Crippen LogP) is 3.01. The van der Waals surface area contributed by atoms with Gasteiger partial charge >= 0.3 is 0 Å². The van der Waals surface area contributed by atoms with E-state index in [4.69, 9.17) is 11.6 Å². The third-order valence-corrected chi connectivity index (χ3v) is 5.45. The van der Waals surface area contributed by atoms with Crippen LogP contribution >= 0.6 is 22.9 Å². The topological polar surface area (TPSA) is 70.4 Å². The number of hydrogen-bond acceptors (Lipinski definition) is 5. The van der Waals surface area contributed by atoms with Gasteiger partial charge in [-0.15, -0.1) is 11.3 Å². The van der Waals surface area contributed by atoms with Crippen molar-refractivity contribution in [3.8, 4) is 0 Å². The summed E-state index contributed by atoms with van der Waals surface area (Å²) in [5.74, 6) is 0.713. The maximum absolute atomic E-state index is 6.04. The minimum absolute atomic E-state index is 0.0189. The maximum Gasteiger partial charge on any atom is 0.191 e. The second kappa shape index (κ2) is 9.57. The molecular weight excluding hydrogens is 394 g/mol. The van der Waals surface area contributed by atoms with Gasteiger partial charge in [-0.3, -0.25) is 9.67 Å². The Hall–Kier alpha value is -2.58. The number of guanidine groups is 1. The number of benzene rings is 1. The van der Waals surface area contributed by atoms with Gasteiger partial charge in [0.2, 0.25) is 0 Å². The standard InChI is InChI=1S/C19H24ClN7S/c1-21-18(22-11-16-13-28-19(25-16)26(2)3)23-12-17(27-10-4-9-24-27)14-5-7-15(20)8-6-14/h4-10,13,17H,11-12H2,1-3H3,(H2,21,22,23). The van der Waals surface area contributed by atoms with Gasteiger partial charge in [-0.05, 0) is 23.8 Å². The molecular formula is C19H24ClN7S. The largest absolute Gasteiger partial charge is 0.354 e. The van der Waals surface area contributed by atoms with E-state index in [2.05, 4.69) is 31.1 Å². The molecule has 1 atom stereocenters. The lowest BCUT2D eigenvalue weighted by molar-refractivity contribution is 0.510. The quantitative estimate of drug-likeness (QED) is 0.456. The third-order valence-electron chi connectivity index (χ3n) is 4.14. The van der Waals surface area contributed by atoms with Crippen molar-refractivity contribution < 1.29 is 0 Å². The zero-order valence-electron chi connectivity index (χ0n) is 16.1. The molecule has 0 saturated heterocycles. The number of aromatic nitrogens is 3. The molecule has 9 heteroatoms. The van der Waals surface area contributed by atoms with Gasteiger partial charge in [0.25, 0.3) is 0 Å². The van der Waals surface area contributed by atoms with E-state index in [0.717, 1.165) is 16.4 Å². The van der Waals surface area contributed by atoms with E-state index >= 15 is 0 Å². The molecule has 0 spiro atoms. The monoisotopic (exact) mass is 417 g/mol. The van der Waals surface area contributed by atoms with Crippen LogP contribution in [0.4, 0.5) is 5.13 Å². The Bertz CT molecular complexity index is 887. The fourth-order valence-corrected chi connectivity index (χ4v) is 3.57. The summed E-state index contributed by atoms with van der Waals surface area (Å²) < 4.78 is 1.92. The van der Waals surface area contributed by atoms with Crippen LogP contribution in [0.2, 0.25) is 5.02 Å². The van der Waals surface area contributed by atoms with E-state index < -0.39 is 0 Å². The van der Waals surface area contributed by atoms with E-state index in [-0.39, 0.29) is 6.04 Å². The molecule has 0 aliphatic rings. The number of rotatable bonds is 7. The SMILES string of the molecule is CN=C(NCc1csc(N(C)C)n1)NCC(c1ccc(Cl)cc1)n1cccn1. The summed E-state index contributed by atoms with van der Waals surface area (Å²) in [4.78, 5) is 10.9. The molecule has 3 rings (SSSR count). The Labute approximate surface area is 174 Å². The Kier molecular flexibility index (Phi) is 6.89. The summed E-state index contributed by atoms with van der Waals surface area (Å²) in [5.41, 5.74) is 2.10. The normalized spacial score (nSPS) is 12.6. The molecule has 2 heterocycles. The lowest BCUT2D eigenvalue weighted by Gasteiger charge is -2.20. The van der Waals surface area contributed by atoms with Gasteiger partial charge in [-0.25, -0.2) is 4.98 Å². The van der Waals surface area contributed by atoms with Crippen LogP contribution in [0.3, 0.4) is 0 Å². The summed E-state index contributed by atoms with van der Waals surface area (Å²) in [6.07, 6.45) is 3.73. The van der Waals surface area contributed by atoms with Crippen molar-refractivity contribution in [1.29, 1.82) is 0 Å². The number of nitrogens with zero attached hydrogens (tertiary/aromatic N) is 5. The van der Waals surface area contributed by atoms with E-state index in [1.54, 1.807) is 24.6 Å². The third kappa shape index (κ3) is 5.24. The smallest absolute Gasteiger partial charge is 0.191 e. The highest BCUT2D eigenvalue weighted by atomic mass is 35.5. The lowest BCUT2D eigenvalue weighted by Crippen LogP contribution is -2.40. The number of hydrogen-bond donors (Lipinski definition) is 2. The van der Waals surface area contributed by atoms with E-state index in [0.29, 0.717) is 24.1 Å². The number of aliphatic imine (C=N–C) groups is 1. The first-order chi connectivity index (χ1) is 13.6. The highest BCUT2D eigenvalue weighted by Gasteiger charge is 2.15. The molecule has 0 bridgehead atoms. The van der Waals surface area contributed by atoms with Crippen LogP contribution in [0.15, 0.2) is 53.1 Å². The molecule has 0 fully saturated rings. The molecule has 0 amide bonds. The molecule has 0 radical (unpaired) electrons. The van der Waals surface area contributed by atoms with Crippen molar-refractivity contribution in [2.75, 3.05) is 32.6 Å². The second-order valence-electron chi connectivity index (χ2n) is 6.38. The Balaban J connectivity index is 1.63. The fraction of sp³-hybridized carbons (Fsp3) is 0.316. The van der Waals surface area contributed by atoms with Crippen molar-refractivity contribution in [1.82, 2.24) is 25.4 Å². The summed E-state index contributed by atoms with van der Waals surface area (Å²) >= 11 is 7.66. The molecule has 7 nitrogen and oxygen atoms in total. The maximum atomic E-state index is 6.04. The predicted molar refractivity (Wildman–Crippen MR) is 116 cm³/mol. The molecule has 2 N–H and O–H groups in total. The lowest BCUT2D eigenvalue weighted by atomic mass is 10.1. The molecule has 2 aromatic heterocycles. The highest BCUT2D eigenvalue weighted by Crippen LogP contribution is 2.20. The number of thiazole rings is 1. The fourth-order valence-electron chi connectivity index (χ4n) is 2.69. The van der Waals surface area contributed by atoms with Crippen LogP contribution in [-0.4, -0.2) is 48.4 Å². The minimum Gasteiger partial charge on any atom is -0.354 e. The molecule has 3 aromatic rings. The Morgan fingerprint density at radius 2 is 2.07 bits per heavy atom. The Morgan fingerprint density at radius 1 is 1.29 bits per heavy atom. The minimum atomic E-state index is 0.0189. The number of halogens is 1. The van der Waals surface area contributed by atoms with Crippen molar-refractivity contribution in [3.63, 3.8) is 0 Å². The van der Waals surface area contributed by atoms with Gasteiger partial charge in [-0.2, -0.15) is 5.10 Å². The van der Waals surface area contributed by atoms with E-state index in [9.17, 15) is 0 Å². The molecule has 1 aromatic carbocycles. The number of nitrogens with one attached hydrogen (secondary N) is 2. The molecule has 148 valence electrons. The van der Waals surface area contributed by atoms with E-state index in [1.807, 2.05) is 60.2 Å². The van der Waals surface area contributed by atoms with Crippen LogP contribution in [0.5, 0.6) is 0 Å². The van der Waals surface area contributed by atoms with Crippen LogP contribution in [0.25, 0.3) is 0 Å². The molecule has 0 aliphatic carbocycles. The van der Waals surface area contributed by atoms with Crippen LogP contribution in [0, 0.1) is 0 Å². The van der Waals surface area contributed by atoms with Crippen LogP contribution in [-0.2, 0) is 6.54 Å². The zero-order chi connectivity index (χ0) is 19.9. The van der Waals surface area contributed by atoms with Gasteiger partial charge in [0.05, 0.1) is 18.3 Å². The van der Waals surface area contributed by atoms with Gasteiger partial charge in [0, 0.05) is 50.5 Å². The molecule has 28 heavy (non-hydrogen) atoms. The molecule has 1 unspecified atom stereocenters. The van der Waals surface area contributed by atoms with Gasteiger partial charge in [0.15, 0.2) is 11.1 Å². The summed E-state index contributed by atoms with van der Waals surface area (Å²) in [6.45, 7) is 1.24. The summed E-state index contributed by atoms with van der Waals surface area (Å²) in [6, 6.07) is 9.76. The van der Waals surface area contributed by atoms with Crippen LogP contribution in [0.1, 0.15) is 17.3 Å². The first kappa shape index (κ1) is 20.2. The second-order valence-corrected chi connectivity index (χ2v) is 7.65. The van der Waals surface area contributed by atoms with Gasteiger partial charge in [0.1, 0.15) is 0 Å². The first-order valence-corrected chi connectivity index (χ1v) is 10.1. The van der Waals surface area contributed by atoms with Crippen molar-refractivity contribution in [2.24, 2.45) is 4.99 Å². The summed E-state index contributed by atoms with van der Waals surface area (Å²) in [7, 11) is 5.73. The summed E-state index contributed by atoms with van der Waals surface area (Å²) in [5, 5.41) is 14.9. The molecule has 0 saturated carbocycles. The average Bonchev–Trinajstić information content (AvgIpc) is 3.38. The van der Waals surface area contributed by atoms with Gasteiger partial charge < -0.3 is 15.5 Å². The average molecular weight is 418 g/mol. The first-order valence-electron chi connectivity index (χ1n) is 8.87. The van der Waals surface area contributed by atoms with E-state index in [1.165, 1.54) is 0 Å². The van der Waals surface area contributed by atoms with Gasteiger partial charge in [-0.1, -0.05) is 23.7 Å². The van der Waals surface area contributed by atoms with Crippen molar-refractivity contribution in [3.05, 3.63) is 64.4 Å². The van der Waals surface area contributed by atoms with Crippen molar-refractivity contribution >= 4 is 34.0 Å². The van der Waals surface area contributed by atoms with Crippen LogP contribution < -0.4 is 15.5 Å².